The van der Waals surface area contributed by atoms with Crippen molar-refractivity contribution in [3.63, 3.8) is 0 Å². The molecule has 0 spiro atoms. The molecule has 1 saturated carbocycles. The van der Waals surface area contributed by atoms with E-state index >= 15 is 0 Å². The molecule has 0 amide bonds. The summed E-state index contributed by atoms with van der Waals surface area (Å²) in [5.41, 5.74) is 1.81. The standard InChI is InChI=1S/C24H29N5O3/c1-5-19-21(14-25-3)28(24(31)29(19)17-10-11-17)15-22-26-23(30)18-8-6-7-9-20(18)27(22)13-12-16(2)32-4/h5-9,14,16-17H,1,10-13,15H2,2-4H3. The highest BCUT2D eigenvalue weighted by molar-refractivity contribution is 5.82. The number of ether oxygens (including phenoxy) is 1. The molecule has 1 unspecified atom stereocenters. The molecular weight excluding hydrogens is 406 g/mol. The van der Waals surface area contributed by atoms with Crippen LogP contribution in [0.4, 0.5) is 0 Å². The Morgan fingerprint density at radius 2 is 2.00 bits per heavy atom. The maximum absolute atomic E-state index is 13.4. The largest absolute Gasteiger partial charge is 0.382 e. The van der Waals surface area contributed by atoms with Gasteiger partial charge in [-0.1, -0.05) is 18.7 Å². The van der Waals surface area contributed by atoms with Gasteiger partial charge in [0.25, 0.3) is 5.56 Å². The summed E-state index contributed by atoms with van der Waals surface area (Å²) in [4.78, 5) is 34.7. The van der Waals surface area contributed by atoms with Gasteiger partial charge in [-0.05, 0) is 44.4 Å². The minimum atomic E-state index is -0.295. The van der Waals surface area contributed by atoms with Gasteiger partial charge in [0.05, 0.1) is 34.9 Å². The number of imidazole rings is 1. The summed E-state index contributed by atoms with van der Waals surface area (Å²) in [6.07, 6.45) is 6.12. The third-order valence-corrected chi connectivity index (χ3v) is 6.04. The molecule has 32 heavy (non-hydrogen) atoms. The highest BCUT2D eigenvalue weighted by Crippen LogP contribution is 2.35. The number of para-hydroxylation sites is 1. The molecule has 3 aromatic rings. The zero-order chi connectivity index (χ0) is 22.8. The van der Waals surface area contributed by atoms with Crippen LogP contribution in [-0.4, -0.2) is 45.2 Å². The highest BCUT2D eigenvalue weighted by atomic mass is 16.5. The molecule has 0 saturated heterocycles. The summed E-state index contributed by atoms with van der Waals surface area (Å²) in [6, 6.07) is 7.63. The average molecular weight is 436 g/mol. The first-order valence-electron chi connectivity index (χ1n) is 10.9. The van der Waals surface area contributed by atoms with Crippen LogP contribution in [0.5, 0.6) is 0 Å². The van der Waals surface area contributed by atoms with E-state index in [2.05, 4.69) is 16.6 Å². The fourth-order valence-electron chi connectivity index (χ4n) is 4.10. The number of hydrogen-bond donors (Lipinski definition) is 0. The van der Waals surface area contributed by atoms with E-state index < -0.39 is 0 Å². The third-order valence-electron chi connectivity index (χ3n) is 6.04. The van der Waals surface area contributed by atoms with Crippen molar-refractivity contribution < 1.29 is 4.74 Å². The van der Waals surface area contributed by atoms with Gasteiger partial charge in [-0.3, -0.25) is 18.9 Å². The molecule has 0 bridgehead atoms. The van der Waals surface area contributed by atoms with Gasteiger partial charge in [0.15, 0.2) is 0 Å². The van der Waals surface area contributed by atoms with E-state index in [1.165, 1.54) is 0 Å². The van der Waals surface area contributed by atoms with Crippen LogP contribution in [0.3, 0.4) is 0 Å². The van der Waals surface area contributed by atoms with E-state index in [0.717, 1.165) is 30.5 Å². The molecule has 0 aliphatic heterocycles. The number of nitrogens with zero attached hydrogens (tertiary/aromatic N) is 5. The van der Waals surface area contributed by atoms with Crippen molar-refractivity contribution in [3.05, 3.63) is 68.9 Å². The first kappa shape index (κ1) is 22.0. The molecule has 1 atom stereocenters. The molecule has 0 N–H and O–H groups in total. The lowest BCUT2D eigenvalue weighted by Crippen LogP contribution is -2.29. The Kier molecular flexibility index (Phi) is 6.23. The van der Waals surface area contributed by atoms with E-state index in [4.69, 9.17) is 4.74 Å². The Morgan fingerprint density at radius 1 is 1.25 bits per heavy atom. The zero-order valence-corrected chi connectivity index (χ0v) is 18.8. The summed E-state index contributed by atoms with van der Waals surface area (Å²) < 4.78 is 10.9. The lowest BCUT2D eigenvalue weighted by atomic mass is 10.2. The number of aromatic nitrogens is 4. The minimum absolute atomic E-state index is 0.0508. The summed E-state index contributed by atoms with van der Waals surface area (Å²) in [7, 11) is 3.35. The predicted molar refractivity (Wildman–Crippen MR) is 127 cm³/mol. The lowest BCUT2D eigenvalue weighted by molar-refractivity contribution is 0.107. The highest BCUT2D eigenvalue weighted by Gasteiger charge is 2.30. The van der Waals surface area contributed by atoms with Crippen molar-refractivity contribution in [3.8, 4) is 0 Å². The molecule has 2 heterocycles. The number of methoxy groups -OCH3 is 1. The maximum Gasteiger partial charge on any atom is 0.329 e. The predicted octanol–water partition coefficient (Wildman–Crippen LogP) is 2.86. The molecule has 2 aromatic heterocycles. The number of hydrogen-bond acceptors (Lipinski definition) is 5. The second-order valence-electron chi connectivity index (χ2n) is 8.17. The van der Waals surface area contributed by atoms with Crippen molar-refractivity contribution in [2.75, 3.05) is 14.2 Å². The first-order chi connectivity index (χ1) is 15.5. The van der Waals surface area contributed by atoms with Gasteiger partial charge in [0, 0.05) is 33.0 Å². The normalized spacial score (nSPS) is 15.0. The van der Waals surface area contributed by atoms with Gasteiger partial charge >= 0.3 is 5.69 Å². The second-order valence-corrected chi connectivity index (χ2v) is 8.17. The van der Waals surface area contributed by atoms with Gasteiger partial charge in [0.2, 0.25) is 0 Å². The Labute approximate surface area is 186 Å². The van der Waals surface area contributed by atoms with Crippen LogP contribution >= 0.6 is 0 Å². The number of aryl methyl sites for hydroxylation is 1. The second kappa shape index (κ2) is 9.08. The van der Waals surface area contributed by atoms with Crippen molar-refractivity contribution in [1.82, 2.24) is 18.7 Å². The molecule has 8 nitrogen and oxygen atoms in total. The molecule has 1 aliphatic carbocycles. The monoisotopic (exact) mass is 435 g/mol. The van der Waals surface area contributed by atoms with E-state index in [0.29, 0.717) is 23.4 Å². The van der Waals surface area contributed by atoms with Gasteiger partial charge in [0.1, 0.15) is 5.82 Å². The summed E-state index contributed by atoms with van der Waals surface area (Å²) in [5, 5.41) is 0.561. The van der Waals surface area contributed by atoms with Crippen LogP contribution in [0, 0.1) is 0 Å². The molecule has 1 aliphatic rings. The summed E-state index contributed by atoms with van der Waals surface area (Å²) in [6.45, 7) is 6.70. The molecule has 168 valence electrons. The Balaban J connectivity index is 1.89. The molecule has 4 rings (SSSR count). The summed E-state index contributed by atoms with van der Waals surface area (Å²) in [5.74, 6) is 0.536. The van der Waals surface area contributed by atoms with Crippen LogP contribution in [0.2, 0.25) is 0 Å². The minimum Gasteiger partial charge on any atom is -0.382 e. The van der Waals surface area contributed by atoms with Crippen LogP contribution in [0.25, 0.3) is 17.0 Å². The van der Waals surface area contributed by atoms with Gasteiger partial charge in [-0.2, -0.15) is 4.98 Å². The van der Waals surface area contributed by atoms with Gasteiger partial charge in [-0.25, -0.2) is 4.79 Å². The third kappa shape index (κ3) is 3.98. The van der Waals surface area contributed by atoms with E-state index in [-0.39, 0.29) is 29.9 Å². The number of aliphatic imine (C=N–C) groups is 1. The SMILES string of the molecule is C=Cc1c(C=NC)n(Cc2nc(=O)c3ccccc3n2CCC(C)OC)c(=O)n1C1CC1. The number of fused-ring (bicyclic) bond motifs is 1. The van der Waals surface area contributed by atoms with Crippen molar-refractivity contribution >= 4 is 23.2 Å². The fourth-order valence-corrected chi connectivity index (χ4v) is 4.10. The van der Waals surface area contributed by atoms with Crippen LogP contribution in [-0.2, 0) is 17.8 Å². The van der Waals surface area contributed by atoms with Gasteiger partial charge in [-0.15, -0.1) is 0 Å². The molecule has 8 heteroatoms. The van der Waals surface area contributed by atoms with Crippen LogP contribution in [0.15, 0.2) is 45.4 Å². The molecule has 1 fully saturated rings. The summed E-state index contributed by atoms with van der Waals surface area (Å²) >= 11 is 0. The van der Waals surface area contributed by atoms with Crippen molar-refractivity contribution in [2.24, 2.45) is 4.99 Å². The smallest absolute Gasteiger partial charge is 0.329 e. The van der Waals surface area contributed by atoms with Crippen molar-refractivity contribution in [1.29, 1.82) is 0 Å². The average Bonchev–Trinajstić information content (AvgIpc) is 3.60. The fraction of sp³-hybridized carbons (Fsp3) is 0.417. The Bertz CT molecular complexity index is 1290. The topological polar surface area (TPSA) is 83.4 Å². The number of rotatable bonds is 9. The van der Waals surface area contributed by atoms with E-state index in [1.54, 1.807) is 41.6 Å². The van der Waals surface area contributed by atoms with Gasteiger partial charge < -0.3 is 9.30 Å². The lowest BCUT2D eigenvalue weighted by Gasteiger charge is -2.18. The Hall–Kier alpha value is -3.26. The number of benzene rings is 1. The molecule has 0 radical (unpaired) electrons. The first-order valence-corrected chi connectivity index (χ1v) is 10.9. The maximum atomic E-state index is 13.4. The molecular formula is C24H29N5O3. The van der Waals surface area contributed by atoms with Crippen LogP contribution in [0.1, 0.15) is 49.4 Å². The van der Waals surface area contributed by atoms with E-state index in [9.17, 15) is 9.59 Å². The molecule has 1 aromatic carbocycles. The Morgan fingerprint density at radius 3 is 2.66 bits per heavy atom. The van der Waals surface area contributed by atoms with Crippen molar-refractivity contribution in [2.45, 2.75) is 51.4 Å². The van der Waals surface area contributed by atoms with E-state index in [1.807, 2.05) is 29.7 Å². The quantitative estimate of drug-likeness (QED) is 0.484. The van der Waals surface area contributed by atoms with Crippen LogP contribution < -0.4 is 11.2 Å². The zero-order valence-electron chi connectivity index (χ0n) is 18.8.